The van der Waals surface area contributed by atoms with Gasteiger partial charge >= 0.3 is 11.8 Å². The maximum Gasteiger partial charge on any atom is 0.413 e. The molecule has 1 N–H and O–H groups in total. The van der Waals surface area contributed by atoms with Crippen molar-refractivity contribution in [2.45, 2.75) is 84.6 Å². The first-order valence-corrected chi connectivity index (χ1v) is 11.6. The van der Waals surface area contributed by atoms with Crippen molar-refractivity contribution in [1.29, 1.82) is 5.26 Å². The summed E-state index contributed by atoms with van der Waals surface area (Å²) in [5.74, 6) is 0.175. The lowest BCUT2D eigenvalue weighted by molar-refractivity contribution is -0.00892. The van der Waals surface area contributed by atoms with Gasteiger partial charge < -0.3 is 18.5 Å². The Kier molecular flexibility index (Phi) is 7.71. The highest BCUT2D eigenvalue weighted by Gasteiger charge is 2.39. The molecule has 1 amide bonds. The number of carbonyl (C=O) groups excluding carboxylic acids is 1. The molecule has 32 heavy (non-hydrogen) atoms. The Labute approximate surface area is 190 Å². The number of fused-ring (bicyclic) bond motifs is 1. The van der Waals surface area contributed by atoms with Crippen LogP contribution in [0.3, 0.4) is 0 Å². The van der Waals surface area contributed by atoms with E-state index in [4.69, 9.17) is 25.2 Å². The normalized spacial score (nSPS) is 24.1. The van der Waals surface area contributed by atoms with E-state index in [0.717, 1.165) is 0 Å². The fraction of sp³-hybridized carbons (Fsp3) is 0.700. The molecule has 1 saturated heterocycles. The summed E-state index contributed by atoms with van der Waals surface area (Å²) >= 11 is 0. The third-order valence-corrected chi connectivity index (χ3v) is 7.14. The summed E-state index contributed by atoms with van der Waals surface area (Å²) in [6.07, 6.45) is -0.278. The average molecular weight is 468 g/mol. The molecule has 0 aromatic carbocycles. The molecule has 3 heterocycles. The molecule has 2 aliphatic rings. The van der Waals surface area contributed by atoms with E-state index < -0.39 is 38.7 Å². The van der Waals surface area contributed by atoms with Gasteiger partial charge in [-0.15, -0.1) is 0 Å². The highest BCUT2D eigenvalue weighted by molar-refractivity contribution is 7.44. The average Bonchev–Trinajstić information content (AvgIpc) is 3.15. The van der Waals surface area contributed by atoms with Crippen molar-refractivity contribution >= 4 is 20.4 Å². The first-order chi connectivity index (χ1) is 15.7. The van der Waals surface area contributed by atoms with Gasteiger partial charge in [0, 0.05) is 31.6 Å². The van der Waals surface area contributed by atoms with Crippen molar-refractivity contribution in [2.24, 2.45) is 0 Å². The fourth-order valence-corrected chi connectivity index (χ4v) is 5.36. The molecule has 0 saturated carbocycles. The van der Waals surface area contributed by atoms with E-state index in [-0.39, 0.29) is 44.4 Å². The first kappa shape index (κ1) is 23.1. The van der Waals surface area contributed by atoms with Crippen molar-refractivity contribution in [1.82, 2.24) is 14.2 Å². The number of ether oxygens (including phenoxy) is 2. The lowest BCUT2D eigenvalue weighted by atomic mass is 10.2. The summed E-state index contributed by atoms with van der Waals surface area (Å²) in [6.45, 7) is 8.35. The van der Waals surface area contributed by atoms with E-state index in [1.54, 1.807) is 6.20 Å². The molecule has 4 atom stereocenters. The van der Waals surface area contributed by atoms with Crippen molar-refractivity contribution < 1.29 is 24.7 Å². The van der Waals surface area contributed by atoms with E-state index in [9.17, 15) is 9.59 Å². The standard InChI is InChI=1S/C20H30N5O6P/c1-12(2)25(13(3)4)32(29-8-6-7-21)31-16-9-17(30-14(16)5)24-10-15-11-28-20(27)23-18(15)22-19(24)26/h10,12-14,16-17H,6,8-9,11H2,1-5H3,(H,22,23,26,27)/t14-,16-,17-,32?/m1/s1/i5D. The lowest BCUT2D eigenvalue weighted by Crippen LogP contribution is -2.35. The van der Waals surface area contributed by atoms with Gasteiger partial charge in [-0.25, -0.2) is 14.3 Å². The van der Waals surface area contributed by atoms with E-state index >= 15 is 0 Å². The Morgan fingerprint density at radius 1 is 1.44 bits per heavy atom. The zero-order valence-corrected chi connectivity index (χ0v) is 19.6. The molecular weight excluding hydrogens is 437 g/mol. The van der Waals surface area contributed by atoms with Gasteiger partial charge in [-0.3, -0.25) is 9.88 Å². The Bertz CT molecular complexity index is 931. The van der Waals surface area contributed by atoms with Crippen molar-refractivity contribution in [3.05, 3.63) is 22.2 Å². The predicted octanol–water partition coefficient (Wildman–Crippen LogP) is 3.27. The monoisotopic (exact) mass is 468 g/mol. The number of nitriles is 1. The van der Waals surface area contributed by atoms with Crippen LogP contribution in [-0.4, -0.2) is 51.2 Å². The minimum atomic E-state index is -1.52. The van der Waals surface area contributed by atoms with E-state index in [1.807, 2.05) is 27.7 Å². The molecule has 1 unspecified atom stereocenters. The van der Waals surface area contributed by atoms with Crippen LogP contribution in [0.1, 0.15) is 60.6 Å². The van der Waals surface area contributed by atoms with Crippen molar-refractivity contribution in [2.75, 3.05) is 11.9 Å². The number of hydrogen-bond donors (Lipinski definition) is 1. The molecule has 3 rings (SSSR count). The Hall–Kier alpha value is -2.09. The summed E-state index contributed by atoms with van der Waals surface area (Å²) in [7, 11) is -1.52. The van der Waals surface area contributed by atoms with Crippen LogP contribution in [0.5, 0.6) is 0 Å². The van der Waals surface area contributed by atoms with Crippen LogP contribution in [0.4, 0.5) is 10.6 Å². The van der Waals surface area contributed by atoms with Crippen LogP contribution in [0.15, 0.2) is 11.0 Å². The second-order valence-electron chi connectivity index (χ2n) is 8.06. The molecule has 0 radical (unpaired) electrons. The number of rotatable bonds is 9. The van der Waals surface area contributed by atoms with Crippen LogP contribution < -0.4 is 11.0 Å². The summed E-state index contributed by atoms with van der Waals surface area (Å²) in [5.41, 5.74) is -0.0266. The highest BCUT2D eigenvalue weighted by atomic mass is 31.2. The van der Waals surface area contributed by atoms with Gasteiger partial charge in [-0.05, 0) is 34.6 Å². The molecule has 176 valence electrons. The minimum absolute atomic E-state index is 0.00125. The van der Waals surface area contributed by atoms with Gasteiger partial charge in [0.05, 0.1) is 31.3 Å². The summed E-state index contributed by atoms with van der Waals surface area (Å²) in [6, 6.07) is 2.34. The Morgan fingerprint density at radius 2 is 2.19 bits per heavy atom. The molecule has 0 bridgehead atoms. The minimum Gasteiger partial charge on any atom is -0.444 e. The number of amides is 1. The van der Waals surface area contributed by atoms with Crippen LogP contribution >= 0.6 is 8.53 Å². The van der Waals surface area contributed by atoms with Gasteiger partial charge in [0.25, 0.3) is 8.53 Å². The van der Waals surface area contributed by atoms with Crippen molar-refractivity contribution in [3.63, 3.8) is 0 Å². The van der Waals surface area contributed by atoms with E-state index in [2.05, 4.69) is 21.0 Å². The maximum absolute atomic E-state index is 12.6. The lowest BCUT2D eigenvalue weighted by Gasteiger charge is -2.37. The summed E-state index contributed by atoms with van der Waals surface area (Å²) < 4.78 is 34.7. The molecule has 2 aliphatic heterocycles. The highest BCUT2D eigenvalue weighted by Crippen LogP contribution is 2.49. The second kappa shape index (κ2) is 10.7. The largest absolute Gasteiger partial charge is 0.444 e. The number of hydrogen-bond acceptors (Lipinski definition) is 9. The molecule has 12 heteroatoms. The third kappa shape index (κ3) is 5.63. The summed E-state index contributed by atoms with van der Waals surface area (Å²) in [4.78, 5) is 27.9. The van der Waals surface area contributed by atoms with E-state index in [1.165, 1.54) is 4.57 Å². The Morgan fingerprint density at radius 3 is 2.84 bits per heavy atom. The molecule has 11 nitrogen and oxygen atoms in total. The number of nitrogens with one attached hydrogen (secondary N) is 1. The predicted molar refractivity (Wildman–Crippen MR) is 117 cm³/mol. The van der Waals surface area contributed by atoms with Gasteiger partial charge in [0.1, 0.15) is 18.7 Å². The van der Waals surface area contributed by atoms with Gasteiger partial charge in [0.15, 0.2) is 0 Å². The van der Waals surface area contributed by atoms with Crippen LogP contribution in [0.25, 0.3) is 0 Å². The number of cyclic esters (lactones) is 1. The maximum atomic E-state index is 12.6. The van der Waals surface area contributed by atoms with Gasteiger partial charge in [0.2, 0.25) is 0 Å². The molecular formula is C20H30N5O6P. The second-order valence-corrected chi connectivity index (χ2v) is 9.47. The van der Waals surface area contributed by atoms with Crippen LogP contribution in [0.2, 0.25) is 0 Å². The smallest absolute Gasteiger partial charge is 0.413 e. The zero-order chi connectivity index (χ0) is 24.1. The van der Waals surface area contributed by atoms with Crippen molar-refractivity contribution in [3.8, 4) is 6.07 Å². The van der Waals surface area contributed by atoms with E-state index in [0.29, 0.717) is 12.0 Å². The first-order valence-electron chi connectivity index (χ1n) is 11.2. The number of aromatic nitrogens is 2. The third-order valence-electron chi connectivity index (χ3n) is 4.99. The van der Waals surface area contributed by atoms with Gasteiger partial charge in [-0.2, -0.15) is 10.2 Å². The van der Waals surface area contributed by atoms with Crippen LogP contribution in [-0.2, 0) is 25.1 Å². The molecule has 0 aliphatic carbocycles. The quantitative estimate of drug-likeness (QED) is 0.429. The molecule has 1 aromatic rings. The topological polar surface area (TPSA) is 128 Å². The number of nitrogens with zero attached hydrogens (tertiary/aromatic N) is 4. The van der Waals surface area contributed by atoms with Gasteiger partial charge in [-0.1, -0.05) is 0 Å². The SMILES string of the molecule is [2H]C[C@H]1O[C@@H](n2cc3c(nc2=O)NC(=O)OC3)C[C@H]1OP(OCCC#N)N(C(C)C)C(C)C. The van der Waals surface area contributed by atoms with Crippen LogP contribution in [0, 0.1) is 11.3 Å². The molecule has 1 aromatic heterocycles. The molecule has 1 fully saturated rings. The number of anilines is 1. The number of carbonyl (C=O) groups is 1. The molecule has 0 spiro atoms. The fourth-order valence-electron chi connectivity index (χ4n) is 3.60. The Balaban J connectivity index is 1.80. The zero-order valence-electron chi connectivity index (χ0n) is 19.7. The summed E-state index contributed by atoms with van der Waals surface area (Å²) in [5, 5.41) is 11.3.